The topological polar surface area (TPSA) is 41.6 Å². The SMILES string of the molecule is CCC1CCNC(C(=O)N2CC=C(COC)CC2)C1. The van der Waals surface area contributed by atoms with E-state index in [1.165, 1.54) is 18.4 Å². The quantitative estimate of drug-likeness (QED) is 0.785. The van der Waals surface area contributed by atoms with E-state index in [2.05, 4.69) is 18.3 Å². The van der Waals surface area contributed by atoms with E-state index < -0.39 is 0 Å². The van der Waals surface area contributed by atoms with E-state index in [9.17, 15) is 4.79 Å². The standard InChI is InChI=1S/C15H26N2O2/c1-3-12-4-7-16-14(10-12)15(18)17-8-5-13(6-9-17)11-19-2/h5,12,14,16H,3-4,6-11H2,1-2H3. The van der Waals surface area contributed by atoms with Crippen LogP contribution < -0.4 is 5.32 Å². The van der Waals surface area contributed by atoms with Gasteiger partial charge in [0.25, 0.3) is 0 Å². The van der Waals surface area contributed by atoms with Crippen molar-refractivity contribution in [2.75, 3.05) is 33.4 Å². The molecule has 1 amide bonds. The van der Waals surface area contributed by atoms with Crippen molar-refractivity contribution in [3.05, 3.63) is 11.6 Å². The number of piperidine rings is 1. The molecule has 0 bridgehead atoms. The van der Waals surface area contributed by atoms with Crippen LogP contribution in [0.5, 0.6) is 0 Å². The van der Waals surface area contributed by atoms with Crippen molar-refractivity contribution in [3.63, 3.8) is 0 Å². The van der Waals surface area contributed by atoms with Gasteiger partial charge in [-0.15, -0.1) is 0 Å². The fourth-order valence-corrected chi connectivity index (χ4v) is 3.00. The van der Waals surface area contributed by atoms with Crippen LogP contribution in [0.3, 0.4) is 0 Å². The number of methoxy groups -OCH3 is 1. The summed E-state index contributed by atoms with van der Waals surface area (Å²) in [5.74, 6) is 0.991. The van der Waals surface area contributed by atoms with Crippen molar-refractivity contribution in [3.8, 4) is 0 Å². The largest absolute Gasteiger partial charge is 0.380 e. The lowest BCUT2D eigenvalue weighted by Gasteiger charge is -2.34. The second kappa shape index (κ2) is 7.06. The van der Waals surface area contributed by atoms with E-state index in [1.807, 2.05) is 4.90 Å². The summed E-state index contributed by atoms with van der Waals surface area (Å²) in [5, 5.41) is 3.38. The smallest absolute Gasteiger partial charge is 0.240 e. The van der Waals surface area contributed by atoms with Crippen LogP contribution in [0, 0.1) is 5.92 Å². The highest BCUT2D eigenvalue weighted by molar-refractivity contribution is 5.82. The number of hydrogen-bond donors (Lipinski definition) is 1. The molecule has 4 heteroatoms. The van der Waals surface area contributed by atoms with Gasteiger partial charge in [-0.2, -0.15) is 0 Å². The van der Waals surface area contributed by atoms with Crippen LogP contribution in [-0.4, -0.2) is 50.2 Å². The van der Waals surface area contributed by atoms with Crippen LogP contribution in [0.25, 0.3) is 0 Å². The van der Waals surface area contributed by atoms with E-state index in [1.54, 1.807) is 7.11 Å². The molecule has 0 spiro atoms. The minimum Gasteiger partial charge on any atom is -0.380 e. The predicted molar refractivity (Wildman–Crippen MR) is 76.0 cm³/mol. The molecule has 1 N–H and O–H groups in total. The molecule has 0 aromatic heterocycles. The normalized spacial score (nSPS) is 28.1. The summed E-state index contributed by atoms with van der Waals surface area (Å²) >= 11 is 0. The summed E-state index contributed by atoms with van der Waals surface area (Å²) < 4.78 is 5.14. The Bertz CT molecular complexity index is 341. The maximum atomic E-state index is 12.5. The Kier molecular flexibility index (Phi) is 5.40. The van der Waals surface area contributed by atoms with E-state index >= 15 is 0 Å². The number of amides is 1. The Morgan fingerprint density at radius 1 is 1.58 bits per heavy atom. The molecule has 2 aliphatic rings. The second-order valence-corrected chi connectivity index (χ2v) is 5.63. The van der Waals surface area contributed by atoms with Crippen LogP contribution in [-0.2, 0) is 9.53 Å². The fourth-order valence-electron chi connectivity index (χ4n) is 3.00. The number of nitrogens with zero attached hydrogens (tertiary/aromatic N) is 1. The highest BCUT2D eigenvalue weighted by Gasteiger charge is 2.29. The van der Waals surface area contributed by atoms with Crippen molar-refractivity contribution in [2.24, 2.45) is 5.92 Å². The van der Waals surface area contributed by atoms with Crippen molar-refractivity contribution < 1.29 is 9.53 Å². The molecule has 4 nitrogen and oxygen atoms in total. The molecule has 0 aromatic rings. The third-order valence-electron chi connectivity index (χ3n) is 4.33. The van der Waals surface area contributed by atoms with Crippen LogP contribution in [0.2, 0.25) is 0 Å². The molecule has 2 rings (SSSR count). The lowest BCUT2D eigenvalue weighted by Crippen LogP contribution is -2.51. The van der Waals surface area contributed by atoms with Gasteiger partial charge in [0.1, 0.15) is 0 Å². The van der Waals surface area contributed by atoms with Gasteiger partial charge < -0.3 is 15.0 Å². The zero-order valence-electron chi connectivity index (χ0n) is 12.2. The van der Waals surface area contributed by atoms with E-state index in [0.29, 0.717) is 12.5 Å². The fraction of sp³-hybridized carbons (Fsp3) is 0.800. The number of hydrogen-bond acceptors (Lipinski definition) is 3. The summed E-state index contributed by atoms with van der Waals surface area (Å²) in [6, 6.07) is 0.0380. The molecular weight excluding hydrogens is 240 g/mol. The average molecular weight is 266 g/mol. The molecule has 1 fully saturated rings. The van der Waals surface area contributed by atoms with E-state index in [-0.39, 0.29) is 11.9 Å². The molecular formula is C15H26N2O2. The Morgan fingerprint density at radius 3 is 3.05 bits per heavy atom. The minimum atomic E-state index is 0.0380. The minimum absolute atomic E-state index is 0.0380. The molecule has 19 heavy (non-hydrogen) atoms. The zero-order valence-corrected chi connectivity index (χ0v) is 12.2. The summed E-state index contributed by atoms with van der Waals surface area (Å²) in [7, 11) is 1.72. The van der Waals surface area contributed by atoms with Crippen LogP contribution in [0.15, 0.2) is 11.6 Å². The van der Waals surface area contributed by atoms with Gasteiger partial charge >= 0.3 is 0 Å². The predicted octanol–water partition coefficient (Wildman–Crippen LogP) is 1.57. The maximum absolute atomic E-state index is 12.5. The van der Waals surface area contributed by atoms with Crippen molar-refractivity contribution >= 4 is 5.91 Å². The highest BCUT2D eigenvalue weighted by atomic mass is 16.5. The van der Waals surface area contributed by atoms with Crippen LogP contribution in [0.1, 0.15) is 32.6 Å². The first-order valence-electron chi connectivity index (χ1n) is 7.43. The molecule has 2 unspecified atom stereocenters. The molecule has 2 atom stereocenters. The third-order valence-corrected chi connectivity index (χ3v) is 4.33. The molecule has 0 aromatic carbocycles. The number of rotatable bonds is 4. The third kappa shape index (κ3) is 3.80. The Morgan fingerprint density at radius 2 is 2.42 bits per heavy atom. The molecule has 2 aliphatic heterocycles. The molecule has 2 heterocycles. The lowest BCUT2D eigenvalue weighted by molar-refractivity contribution is -0.134. The zero-order chi connectivity index (χ0) is 13.7. The summed E-state index contributed by atoms with van der Waals surface area (Å²) in [6.07, 6.45) is 6.48. The van der Waals surface area contributed by atoms with Gasteiger partial charge in [0.05, 0.1) is 12.6 Å². The first-order chi connectivity index (χ1) is 9.24. The average Bonchev–Trinajstić information content (AvgIpc) is 2.48. The van der Waals surface area contributed by atoms with Gasteiger partial charge in [0.2, 0.25) is 5.91 Å². The molecule has 0 aliphatic carbocycles. The van der Waals surface area contributed by atoms with Gasteiger partial charge in [-0.25, -0.2) is 0 Å². The van der Waals surface area contributed by atoms with Gasteiger partial charge in [-0.3, -0.25) is 4.79 Å². The second-order valence-electron chi connectivity index (χ2n) is 5.63. The number of carbonyl (C=O) groups is 1. The van der Waals surface area contributed by atoms with Gasteiger partial charge in [0.15, 0.2) is 0 Å². The Balaban J connectivity index is 1.87. The maximum Gasteiger partial charge on any atom is 0.240 e. The van der Waals surface area contributed by atoms with E-state index in [4.69, 9.17) is 4.74 Å². The molecule has 108 valence electrons. The van der Waals surface area contributed by atoms with Gasteiger partial charge in [-0.1, -0.05) is 19.4 Å². The van der Waals surface area contributed by atoms with Crippen molar-refractivity contribution in [1.82, 2.24) is 10.2 Å². The summed E-state index contributed by atoms with van der Waals surface area (Å²) in [5.41, 5.74) is 1.31. The Labute approximate surface area is 116 Å². The highest BCUT2D eigenvalue weighted by Crippen LogP contribution is 2.21. The first-order valence-corrected chi connectivity index (χ1v) is 7.43. The van der Waals surface area contributed by atoms with Gasteiger partial charge in [0, 0.05) is 20.2 Å². The number of carbonyl (C=O) groups excluding carboxylic acids is 1. The molecule has 0 radical (unpaired) electrons. The molecule has 1 saturated heterocycles. The number of ether oxygens (including phenoxy) is 1. The van der Waals surface area contributed by atoms with E-state index in [0.717, 1.165) is 32.5 Å². The summed E-state index contributed by atoms with van der Waals surface area (Å²) in [4.78, 5) is 14.5. The van der Waals surface area contributed by atoms with Crippen molar-refractivity contribution in [2.45, 2.75) is 38.6 Å². The monoisotopic (exact) mass is 266 g/mol. The first kappa shape index (κ1) is 14.5. The number of nitrogens with one attached hydrogen (secondary N) is 1. The van der Waals surface area contributed by atoms with Crippen LogP contribution in [0.4, 0.5) is 0 Å². The van der Waals surface area contributed by atoms with Crippen molar-refractivity contribution in [1.29, 1.82) is 0 Å². The van der Waals surface area contributed by atoms with Crippen LogP contribution >= 0.6 is 0 Å². The van der Waals surface area contributed by atoms with Gasteiger partial charge in [-0.05, 0) is 37.3 Å². The Hall–Kier alpha value is -0.870. The summed E-state index contributed by atoms with van der Waals surface area (Å²) in [6.45, 7) is 5.48. The lowest BCUT2D eigenvalue weighted by atomic mass is 9.89. The molecule has 0 saturated carbocycles.